The van der Waals surface area contributed by atoms with Gasteiger partial charge in [0.05, 0.1) is 0 Å². The van der Waals surface area contributed by atoms with Crippen LogP contribution < -0.4 is 0 Å². The Morgan fingerprint density at radius 1 is 1.00 bits per heavy atom. The van der Waals surface area contributed by atoms with Crippen molar-refractivity contribution in [3.63, 3.8) is 0 Å². The van der Waals surface area contributed by atoms with Gasteiger partial charge in [0.1, 0.15) is 0 Å². The van der Waals surface area contributed by atoms with Gasteiger partial charge in [0.15, 0.2) is 0 Å². The van der Waals surface area contributed by atoms with E-state index in [2.05, 4.69) is 55.8 Å². The second-order valence-corrected chi connectivity index (χ2v) is 103. The van der Waals surface area contributed by atoms with Gasteiger partial charge in [0.2, 0.25) is 0 Å². The van der Waals surface area contributed by atoms with Crippen LogP contribution in [0.2, 0.25) is 0 Å². The van der Waals surface area contributed by atoms with Crippen molar-refractivity contribution in [1.29, 1.82) is 0 Å². The first-order valence-electron chi connectivity index (χ1n) is 1.02. The third-order valence-electron chi connectivity index (χ3n) is 0.170. The molecule has 0 amide bonds. The Morgan fingerprint density at radius 2 is 1.38 bits per heavy atom. The maximum atomic E-state index is 10.4. The molecule has 0 aliphatic carbocycles. The Kier molecular flexibility index (Phi) is 9.72. The van der Waals surface area contributed by atoms with E-state index < -0.39 is 31.6 Å². The minimum absolute atomic E-state index is 0.944. The molecule has 2 nitrogen and oxygen atoms in total. The minimum atomic E-state index is -2.77. The van der Waals surface area contributed by atoms with Crippen LogP contribution >= 0.6 is 87.5 Å². The molecular formula is I6O2. The van der Waals surface area contributed by atoms with Gasteiger partial charge >= 0.3 is 93.6 Å². The third-order valence-corrected chi connectivity index (χ3v) is 192. The second-order valence-electron chi connectivity index (χ2n) is 0.504. The van der Waals surface area contributed by atoms with E-state index >= 15 is 0 Å². The number of halogens is 6. The van der Waals surface area contributed by atoms with E-state index in [1.807, 2.05) is 0 Å². The second kappa shape index (κ2) is 6.49. The fraction of sp³-hybridized carbons (Fsp3) is 0. The first-order chi connectivity index (χ1) is 3.55. The molecule has 0 saturated heterocycles. The molecule has 0 bridgehead atoms. The van der Waals surface area contributed by atoms with Gasteiger partial charge in [-0.1, -0.05) is 0 Å². The molecule has 0 unspecified atom stereocenters. The van der Waals surface area contributed by atoms with Crippen LogP contribution in [0.5, 0.6) is 0 Å². The summed E-state index contributed by atoms with van der Waals surface area (Å²) in [5.74, 6) is 0. The van der Waals surface area contributed by atoms with Crippen LogP contribution in [0.15, 0.2) is 0 Å². The SMILES string of the molecule is O=I(=O)I(I)I(I)I. The van der Waals surface area contributed by atoms with Crippen LogP contribution in [0.25, 0.3) is 0 Å². The van der Waals surface area contributed by atoms with Gasteiger partial charge in [-0.3, -0.25) is 0 Å². The van der Waals surface area contributed by atoms with Crippen molar-refractivity contribution < 1.29 is 6.14 Å². The van der Waals surface area contributed by atoms with Crippen molar-refractivity contribution in [2.45, 2.75) is 0 Å². The van der Waals surface area contributed by atoms with Crippen molar-refractivity contribution in [3.8, 4) is 0 Å². The summed E-state index contributed by atoms with van der Waals surface area (Å²) in [7, 11) is -2.30. The third kappa shape index (κ3) is 5.61. The molecule has 8 heteroatoms. The van der Waals surface area contributed by atoms with Crippen molar-refractivity contribution in [2.24, 2.45) is 0 Å². The van der Waals surface area contributed by atoms with Gasteiger partial charge in [-0.15, -0.1) is 0 Å². The van der Waals surface area contributed by atoms with E-state index in [-0.39, 0.29) is 0 Å². The van der Waals surface area contributed by atoms with Crippen molar-refractivity contribution >= 4 is 87.5 Å². The summed E-state index contributed by atoms with van der Waals surface area (Å²) in [6, 6.07) is 0. The molecule has 0 N–H and O–H groups in total. The molecule has 0 aliphatic heterocycles. The standard InChI is InChI=1S/I6O2/c1-4(2)5(3)6(7)8. The number of rotatable bonds is 2. The molecule has 0 aromatic rings. The van der Waals surface area contributed by atoms with Crippen LogP contribution in [0.3, 0.4) is 0 Å². The molecule has 0 aliphatic rings. The monoisotopic (exact) mass is 793 g/mol. The molecule has 0 fully saturated rings. The fourth-order valence-electron chi connectivity index (χ4n) is 0.0333. The van der Waals surface area contributed by atoms with Crippen LogP contribution in [0.4, 0.5) is 0 Å². The van der Waals surface area contributed by atoms with E-state index in [9.17, 15) is 6.14 Å². The zero-order valence-electron chi connectivity index (χ0n) is 3.08. The average molecular weight is 793 g/mol. The van der Waals surface area contributed by atoms with Crippen LogP contribution in [-0.4, -0.2) is 0 Å². The number of hydrogen-bond donors (Lipinski definition) is 0. The van der Waals surface area contributed by atoms with E-state index in [4.69, 9.17) is 0 Å². The van der Waals surface area contributed by atoms with Crippen molar-refractivity contribution in [2.75, 3.05) is 0 Å². The summed E-state index contributed by atoms with van der Waals surface area (Å²) in [6.45, 7) is 0. The Bertz CT molecular complexity index is 114. The first kappa shape index (κ1) is 12.0. The van der Waals surface area contributed by atoms with E-state index in [0.29, 0.717) is 0 Å². The van der Waals surface area contributed by atoms with Crippen LogP contribution in [0, 0.1) is 0 Å². The topological polar surface area (TPSA) is 34.1 Å². The summed E-state index contributed by atoms with van der Waals surface area (Å²) < 4.78 is 20.7. The van der Waals surface area contributed by atoms with Gasteiger partial charge in [0.25, 0.3) is 0 Å². The summed E-state index contributed by atoms with van der Waals surface area (Å²) in [6.07, 6.45) is 0. The maximum absolute atomic E-state index is 10.4. The Balaban J connectivity index is 3.83. The van der Waals surface area contributed by atoms with Crippen molar-refractivity contribution in [3.05, 3.63) is 0 Å². The van der Waals surface area contributed by atoms with E-state index in [1.165, 1.54) is 0 Å². The van der Waals surface area contributed by atoms with Gasteiger partial charge < -0.3 is 0 Å². The molecule has 0 aromatic heterocycles. The van der Waals surface area contributed by atoms with Crippen LogP contribution in [0.1, 0.15) is 0 Å². The molecule has 0 spiro atoms. The van der Waals surface area contributed by atoms with Gasteiger partial charge in [0, 0.05) is 0 Å². The fourth-order valence-corrected chi connectivity index (χ4v) is 67.5. The molecule has 0 radical (unpaired) electrons. The Morgan fingerprint density at radius 3 is 1.38 bits per heavy atom. The normalized spacial score (nSPS) is 14.0. The van der Waals surface area contributed by atoms with Gasteiger partial charge in [-0.05, 0) is 0 Å². The molecule has 8 heavy (non-hydrogen) atoms. The summed E-state index contributed by atoms with van der Waals surface area (Å²) >= 11 is 4.06. The Labute approximate surface area is 90.0 Å². The molecule has 0 rings (SSSR count). The van der Waals surface area contributed by atoms with Gasteiger partial charge in [-0.2, -0.15) is 0 Å². The van der Waals surface area contributed by atoms with Gasteiger partial charge in [-0.25, -0.2) is 0 Å². The number of hydrogen-bond acceptors (Lipinski definition) is 2. The van der Waals surface area contributed by atoms with E-state index in [1.54, 1.807) is 0 Å². The van der Waals surface area contributed by atoms with Crippen LogP contribution in [-0.2, 0) is 6.14 Å². The average Bonchev–Trinajstić information content (AvgIpc) is 1.64. The molecule has 0 saturated carbocycles. The summed E-state index contributed by atoms with van der Waals surface area (Å²) in [5, 5.41) is 0. The molecular weight excluding hydrogens is 793 g/mol. The summed E-state index contributed by atoms with van der Waals surface area (Å²) in [5.41, 5.74) is 0. The molecule has 0 heterocycles. The summed E-state index contributed by atoms with van der Waals surface area (Å²) in [4.78, 5) is 0. The molecule has 54 valence electrons. The molecule has 0 aromatic carbocycles. The zero-order valence-corrected chi connectivity index (χ0v) is 16.0. The predicted octanol–water partition coefficient (Wildman–Crippen LogP) is 5.08. The first-order valence-corrected chi connectivity index (χ1v) is 34.2. The Hall–Kier alpha value is 3.98. The van der Waals surface area contributed by atoms with Crippen molar-refractivity contribution in [1.82, 2.24) is 0 Å². The molecule has 0 atom stereocenters. The quantitative estimate of drug-likeness (QED) is 0.367. The predicted molar refractivity (Wildman–Crippen MR) is 85.5 cm³/mol. The zero-order chi connectivity index (χ0) is 6.73. The van der Waals surface area contributed by atoms with E-state index in [0.717, 1.165) is 0 Å².